The largest absolute Gasteiger partial charge is 0.396 e. The smallest absolute Gasteiger partial charge is 0.315 e. The lowest BCUT2D eigenvalue weighted by Crippen LogP contribution is -2.50. The highest BCUT2D eigenvalue weighted by molar-refractivity contribution is 5.74. The van der Waals surface area contributed by atoms with Gasteiger partial charge in [-0.1, -0.05) is 0 Å². The number of nitrogens with zero attached hydrogens (tertiary/aromatic N) is 3. The molecule has 0 spiro atoms. The standard InChI is InChI=1S/C16H25N5O2/c1-9-19-20-15-13(3-2-6-21(9)15)17-16(23)18-14-11-5-4-10(7-11)12(14)8-22/h10-14,22H,2-8H2,1H3,(H2,17,18,23). The number of aliphatic hydroxyl groups is 1. The minimum Gasteiger partial charge on any atom is -0.396 e. The van der Waals surface area contributed by atoms with E-state index in [4.69, 9.17) is 0 Å². The van der Waals surface area contributed by atoms with Gasteiger partial charge in [0.25, 0.3) is 0 Å². The number of hydrogen-bond donors (Lipinski definition) is 3. The van der Waals surface area contributed by atoms with Crippen molar-refractivity contribution in [2.45, 2.75) is 57.7 Å². The zero-order valence-electron chi connectivity index (χ0n) is 13.5. The van der Waals surface area contributed by atoms with Crippen molar-refractivity contribution < 1.29 is 9.90 Å². The van der Waals surface area contributed by atoms with Crippen LogP contribution in [-0.2, 0) is 6.54 Å². The fourth-order valence-corrected chi connectivity index (χ4v) is 4.90. The second-order valence-corrected chi connectivity index (χ2v) is 7.28. The highest BCUT2D eigenvalue weighted by Gasteiger charge is 2.47. The van der Waals surface area contributed by atoms with Gasteiger partial charge in [0.15, 0.2) is 5.82 Å². The van der Waals surface area contributed by atoms with Gasteiger partial charge in [-0.05, 0) is 50.9 Å². The number of urea groups is 1. The van der Waals surface area contributed by atoms with Crippen molar-refractivity contribution in [1.82, 2.24) is 25.4 Å². The Morgan fingerprint density at radius 1 is 1.26 bits per heavy atom. The third-order valence-electron chi connectivity index (χ3n) is 6.05. The molecular formula is C16H25N5O2. The summed E-state index contributed by atoms with van der Waals surface area (Å²) in [5, 5.41) is 24.2. The summed E-state index contributed by atoms with van der Waals surface area (Å²) in [5.74, 6) is 3.09. The number of aromatic nitrogens is 3. The molecule has 2 aliphatic carbocycles. The molecule has 2 bridgehead atoms. The number of fused-ring (bicyclic) bond motifs is 3. The number of amides is 2. The van der Waals surface area contributed by atoms with Crippen molar-refractivity contribution in [1.29, 1.82) is 0 Å². The van der Waals surface area contributed by atoms with E-state index < -0.39 is 0 Å². The molecular weight excluding hydrogens is 294 g/mol. The lowest BCUT2D eigenvalue weighted by Gasteiger charge is -2.31. The fourth-order valence-electron chi connectivity index (χ4n) is 4.90. The predicted octanol–water partition coefficient (Wildman–Crippen LogP) is 1.13. The summed E-state index contributed by atoms with van der Waals surface area (Å²) < 4.78 is 2.09. The number of nitrogens with one attached hydrogen (secondary N) is 2. The first-order chi connectivity index (χ1) is 11.2. The second-order valence-electron chi connectivity index (χ2n) is 7.28. The molecule has 23 heavy (non-hydrogen) atoms. The quantitative estimate of drug-likeness (QED) is 0.779. The summed E-state index contributed by atoms with van der Waals surface area (Å²) in [6.45, 7) is 3.04. The van der Waals surface area contributed by atoms with Crippen molar-refractivity contribution in [3.63, 3.8) is 0 Å². The zero-order valence-corrected chi connectivity index (χ0v) is 13.5. The van der Waals surface area contributed by atoms with Gasteiger partial charge in [-0.15, -0.1) is 10.2 Å². The maximum atomic E-state index is 12.5. The van der Waals surface area contributed by atoms with Gasteiger partial charge in [-0.25, -0.2) is 4.79 Å². The number of carbonyl (C=O) groups is 1. The Kier molecular flexibility index (Phi) is 3.75. The lowest BCUT2D eigenvalue weighted by molar-refractivity contribution is 0.143. The molecule has 1 aromatic rings. The number of hydrogen-bond acceptors (Lipinski definition) is 4. The summed E-state index contributed by atoms with van der Waals surface area (Å²) in [6, 6.07) is -0.0989. The van der Waals surface area contributed by atoms with E-state index in [1.54, 1.807) is 0 Å². The van der Waals surface area contributed by atoms with E-state index in [2.05, 4.69) is 25.4 Å². The number of carbonyl (C=O) groups excluding carboxylic acids is 1. The molecule has 126 valence electrons. The van der Waals surface area contributed by atoms with E-state index >= 15 is 0 Å². The minimum absolute atomic E-state index is 0.0730. The van der Waals surface area contributed by atoms with Crippen molar-refractivity contribution in [3.05, 3.63) is 11.6 Å². The summed E-state index contributed by atoms with van der Waals surface area (Å²) >= 11 is 0. The maximum Gasteiger partial charge on any atom is 0.315 e. The molecule has 2 amide bonds. The molecule has 5 unspecified atom stereocenters. The first kappa shape index (κ1) is 14.9. The van der Waals surface area contributed by atoms with Crippen LogP contribution in [0.25, 0.3) is 0 Å². The third kappa shape index (κ3) is 2.51. The third-order valence-corrected chi connectivity index (χ3v) is 6.05. The highest BCUT2D eigenvalue weighted by atomic mass is 16.3. The number of aliphatic hydroxyl groups excluding tert-OH is 1. The fraction of sp³-hybridized carbons (Fsp3) is 0.812. The highest BCUT2D eigenvalue weighted by Crippen LogP contribution is 2.48. The SMILES string of the molecule is Cc1nnc2n1CCCC2NC(=O)NC1C2CCC(C2)C1CO. The first-order valence-electron chi connectivity index (χ1n) is 8.75. The minimum atomic E-state index is -0.139. The van der Waals surface area contributed by atoms with E-state index in [0.717, 1.165) is 37.5 Å². The van der Waals surface area contributed by atoms with Gasteiger partial charge < -0.3 is 20.3 Å². The van der Waals surface area contributed by atoms with Gasteiger partial charge in [0.2, 0.25) is 0 Å². The molecule has 0 aromatic carbocycles. The Hall–Kier alpha value is -1.63. The van der Waals surface area contributed by atoms with Crippen LogP contribution in [0.4, 0.5) is 4.79 Å². The Morgan fingerprint density at radius 2 is 2.09 bits per heavy atom. The van der Waals surface area contributed by atoms with Crippen molar-refractivity contribution in [2.75, 3.05) is 6.61 Å². The van der Waals surface area contributed by atoms with E-state index in [9.17, 15) is 9.90 Å². The molecule has 3 aliphatic rings. The molecule has 4 rings (SSSR count). The summed E-state index contributed by atoms with van der Waals surface area (Å²) in [7, 11) is 0. The Balaban J connectivity index is 1.41. The molecule has 3 N–H and O–H groups in total. The summed E-state index contributed by atoms with van der Waals surface area (Å²) in [5.41, 5.74) is 0. The van der Waals surface area contributed by atoms with E-state index in [1.165, 1.54) is 12.8 Å². The topological polar surface area (TPSA) is 92.1 Å². The summed E-state index contributed by atoms with van der Waals surface area (Å²) in [6.07, 6.45) is 5.42. The van der Waals surface area contributed by atoms with Gasteiger partial charge >= 0.3 is 6.03 Å². The molecule has 7 heteroatoms. The van der Waals surface area contributed by atoms with Crippen molar-refractivity contribution >= 4 is 6.03 Å². The second kappa shape index (κ2) is 5.78. The molecule has 0 saturated heterocycles. The van der Waals surface area contributed by atoms with Crippen LogP contribution < -0.4 is 10.6 Å². The molecule has 2 saturated carbocycles. The number of aryl methyl sites for hydroxylation is 1. The predicted molar refractivity (Wildman–Crippen MR) is 83.6 cm³/mol. The van der Waals surface area contributed by atoms with Crippen LogP contribution >= 0.6 is 0 Å². The van der Waals surface area contributed by atoms with Gasteiger partial charge in [-0.3, -0.25) is 0 Å². The van der Waals surface area contributed by atoms with Crippen molar-refractivity contribution in [2.24, 2.45) is 17.8 Å². The van der Waals surface area contributed by atoms with E-state index in [1.807, 2.05) is 6.92 Å². The molecule has 1 aliphatic heterocycles. The van der Waals surface area contributed by atoms with Crippen LogP contribution in [0, 0.1) is 24.7 Å². The maximum absolute atomic E-state index is 12.5. The van der Waals surface area contributed by atoms with E-state index in [-0.39, 0.29) is 30.6 Å². The zero-order chi connectivity index (χ0) is 16.0. The van der Waals surface area contributed by atoms with Crippen LogP contribution in [0.1, 0.15) is 49.8 Å². The summed E-state index contributed by atoms with van der Waals surface area (Å²) in [4.78, 5) is 12.5. The van der Waals surface area contributed by atoms with Crippen LogP contribution in [0.3, 0.4) is 0 Å². The Morgan fingerprint density at radius 3 is 2.91 bits per heavy atom. The Bertz CT molecular complexity index is 601. The number of rotatable bonds is 3. The van der Waals surface area contributed by atoms with Crippen molar-refractivity contribution in [3.8, 4) is 0 Å². The molecule has 1 aromatic heterocycles. The van der Waals surface area contributed by atoms with Crippen LogP contribution in [0.2, 0.25) is 0 Å². The molecule has 7 nitrogen and oxygen atoms in total. The molecule has 0 radical (unpaired) electrons. The van der Waals surface area contributed by atoms with Crippen LogP contribution in [0.15, 0.2) is 0 Å². The normalized spacial score (nSPS) is 35.1. The van der Waals surface area contributed by atoms with Gasteiger partial charge in [0, 0.05) is 25.1 Å². The van der Waals surface area contributed by atoms with Crippen LogP contribution in [0.5, 0.6) is 0 Å². The molecule has 2 heterocycles. The van der Waals surface area contributed by atoms with Gasteiger partial charge in [-0.2, -0.15) is 0 Å². The van der Waals surface area contributed by atoms with E-state index in [0.29, 0.717) is 11.8 Å². The average molecular weight is 319 g/mol. The Labute approximate surface area is 135 Å². The first-order valence-corrected chi connectivity index (χ1v) is 8.75. The van der Waals surface area contributed by atoms with Crippen LogP contribution in [-0.4, -0.2) is 38.6 Å². The monoisotopic (exact) mass is 319 g/mol. The molecule has 2 fully saturated rings. The van der Waals surface area contributed by atoms with Gasteiger partial charge in [0.05, 0.1) is 6.04 Å². The van der Waals surface area contributed by atoms with Gasteiger partial charge in [0.1, 0.15) is 5.82 Å². The lowest BCUT2D eigenvalue weighted by atomic mass is 9.85. The average Bonchev–Trinajstić information content (AvgIpc) is 3.23. The molecule has 5 atom stereocenters.